The quantitative estimate of drug-likeness (QED) is 0.596. The van der Waals surface area contributed by atoms with Crippen molar-refractivity contribution in [3.63, 3.8) is 0 Å². The Hall–Kier alpha value is -0.660. The summed E-state index contributed by atoms with van der Waals surface area (Å²) in [5.41, 5.74) is 5.70. The Bertz CT molecular complexity index is 320. The van der Waals surface area contributed by atoms with Crippen molar-refractivity contribution in [3.8, 4) is 5.75 Å². The molecule has 0 aliphatic heterocycles. The molecule has 1 aromatic heterocycles. The van der Waals surface area contributed by atoms with Crippen molar-refractivity contribution < 1.29 is 9.84 Å². The third kappa shape index (κ3) is 5.01. The number of nitrogens with two attached hydrogens (primary N) is 1. The van der Waals surface area contributed by atoms with Crippen LogP contribution in [0.1, 0.15) is 13.3 Å². The number of aliphatic hydroxyl groups excluding tert-OH is 1. The molecule has 7 heteroatoms. The second kappa shape index (κ2) is 8.43. The van der Waals surface area contributed by atoms with E-state index >= 15 is 0 Å². The fraction of sp³-hybridized carbons (Fsp3) is 0.700. The topological polar surface area (TPSA) is 80.4 Å². The van der Waals surface area contributed by atoms with E-state index < -0.39 is 0 Å². The van der Waals surface area contributed by atoms with Crippen LogP contribution in [0, 0.1) is 0 Å². The van der Waals surface area contributed by atoms with Gasteiger partial charge in [-0.1, -0.05) is 0 Å². The molecule has 98 valence electrons. The maximum atomic E-state index is 8.63. The summed E-state index contributed by atoms with van der Waals surface area (Å²) in [6, 6.07) is 0. The van der Waals surface area contributed by atoms with E-state index in [1.54, 1.807) is 0 Å². The van der Waals surface area contributed by atoms with E-state index in [1.807, 2.05) is 18.7 Å². The zero-order valence-electron chi connectivity index (χ0n) is 9.94. The van der Waals surface area contributed by atoms with Crippen molar-refractivity contribution in [2.45, 2.75) is 13.3 Å². The number of hydrogen-bond acceptors (Lipinski definition) is 7. The molecule has 0 fully saturated rings. The third-order valence-electron chi connectivity index (χ3n) is 1.94. The highest BCUT2D eigenvalue weighted by atomic mass is 32.2. The van der Waals surface area contributed by atoms with Crippen molar-refractivity contribution in [3.05, 3.63) is 0 Å². The molecule has 17 heavy (non-hydrogen) atoms. The Labute approximate surface area is 110 Å². The van der Waals surface area contributed by atoms with Crippen molar-refractivity contribution >= 4 is 34.1 Å². The van der Waals surface area contributed by atoms with Gasteiger partial charge in [-0.2, -0.15) is 16.1 Å². The van der Waals surface area contributed by atoms with E-state index in [1.165, 1.54) is 11.5 Å². The van der Waals surface area contributed by atoms with Gasteiger partial charge in [0.15, 0.2) is 16.6 Å². The largest absolute Gasteiger partial charge is 0.487 e. The highest BCUT2D eigenvalue weighted by molar-refractivity contribution is 7.99. The lowest BCUT2D eigenvalue weighted by Gasteiger charge is -2.07. The van der Waals surface area contributed by atoms with Crippen LogP contribution in [0.15, 0.2) is 0 Å². The maximum absolute atomic E-state index is 8.63. The minimum absolute atomic E-state index is 0.264. The Balaban J connectivity index is 2.26. The molecule has 4 N–H and O–H groups in total. The molecular formula is C10H19N3O2S2. The van der Waals surface area contributed by atoms with Crippen LogP contribution in [0.25, 0.3) is 0 Å². The van der Waals surface area contributed by atoms with E-state index in [9.17, 15) is 0 Å². The molecule has 0 radical (unpaired) electrons. The Kier molecular flexibility index (Phi) is 7.14. The van der Waals surface area contributed by atoms with Gasteiger partial charge in [-0.05, 0) is 30.6 Å². The van der Waals surface area contributed by atoms with E-state index in [0.717, 1.165) is 29.5 Å². The lowest BCUT2D eigenvalue weighted by Crippen LogP contribution is -2.05. The van der Waals surface area contributed by atoms with Crippen LogP contribution in [0.3, 0.4) is 0 Å². The van der Waals surface area contributed by atoms with Crippen molar-refractivity contribution in [1.82, 2.24) is 4.37 Å². The first-order chi connectivity index (χ1) is 8.29. The van der Waals surface area contributed by atoms with E-state index in [4.69, 9.17) is 15.6 Å². The number of hydrogen-bond donors (Lipinski definition) is 3. The van der Waals surface area contributed by atoms with Gasteiger partial charge in [0.25, 0.3) is 0 Å². The van der Waals surface area contributed by atoms with Gasteiger partial charge in [-0.3, -0.25) is 0 Å². The van der Waals surface area contributed by atoms with Gasteiger partial charge < -0.3 is 20.9 Å². The van der Waals surface area contributed by atoms with Crippen molar-refractivity contribution in [2.75, 3.05) is 42.3 Å². The number of nitrogen functional groups attached to an aromatic ring is 1. The number of nitrogens with one attached hydrogen (secondary N) is 1. The molecule has 0 spiro atoms. The SMILES string of the molecule is CCOc1c(N)nsc1NCCSCCCO. The smallest absolute Gasteiger partial charge is 0.197 e. The summed E-state index contributed by atoms with van der Waals surface area (Å²) < 4.78 is 9.48. The third-order valence-corrected chi connectivity index (χ3v) is 3.81. The summed E-state index contributed by atoms with van der Waals surface area (Å²) in [5.74, 6) is 3.09. The molecule has 0 unspecified atom stereocenters. The van der Waals surface area contributed by atoms with Crippen LogP contribution >= 0.6 is 23.3 Å². The summed E-state index contributed by atoms with van der Waals surface area (Å²) in [7, 11) is 0. The minimum Gasteiger partial charge on any atom is -0.487 e. The van der Waals surface area contributed by atoms with Gasteiger partial charge in [-0.25, -0.2) is 0 Å². The Morgan fingerprint density at radius 2 is 2.35 bits per heavy atom. The molecule has 0 aliphatic carbocycles. The standard InChI is InChI=1S/C10H19N3O2S2/c1-2-15-8-9(11)13-17-10(8)12-4-7-16-6-3-5-14/h12,14H,2-7H2,1H3,(H2,11,13). The lowest BCUT2D eigenvalue weighted by molar-refractivity contribution is 0.296. The monoisotopic (exact) mass is 277 g/mol. The van der Waals surface area contributed by atoms with Crippen LogP contribution in [-0.2, 0) is 0 Å². The number of thioether (sulfide) groups is 1. The maximum Gasteiger partial charge on any atom is 0.197 e. The van der Waals surface area contributed by atoms with Gasteiger partial charge in [0.1, 0.15) is 0 Å². The first kappa shape index (κ1) is 14.4. The van der Waals surface area contributed by atoms with Crippen molar-refractivity contribution in [2.24, 2.45) is 0 Å². The van der Waals surface area contributed by atoms with Crippen LogP contribution < -0.4 is 15.8 Å². The molecule has 1 heterocycles. The van der Waals surface area contributed by atoms with Gasteiger partial charge in [0, 0.05) is 18.9 Å². The number of rotatable bonds is 9. The predicted octanol–water partition coefficient (Wildman–Crippen LogP) is 1.65. The summed E-state index contributed by atoms with van der Waals surface area (Å²) in [6.45, 7) is 3.62. The van der Waals surface area contributed by atoms with Gasteiger partial charge in [0.05, 0.1) is 6.61 Å². The van der Waals surface area contributed by atoms with Crippen LogP contribution in [-0.4, -0.2) is 40.7 Å². The van der Waals surface area contributed by atoms with Gasteiger partial charge in [0.2, 0.25) is 0 Å². The fourth-order valence-corrected chi connectivity index (χ4v) is 2.67. The Morgan fingerprint density at radius 3 is 3.06 bits per heavy atom. The first-order valence-corrected chi connectivity index (χ1v) is 7.52. The Morgan fingerprint density at radius 1 is 1.53 bits per heavy atom. The summed E-state index contributed by atoms with van der Waals surface area (Å²) in [6.07, 6.45) is 0.850. The average Bonchev–Trinajstić information content (AvgIpc) is 2.66. The van der Waals surface area contributed by atoms with Gasteiger partial charge >= 0.3 is 0 Å². The number of aromatic nitrogens is 1. The molecule has 0 aliphatic rings. The predicted molar refractivity (Wildman–Crippen MR) is 75.2 cm³/mol. The zero-order valence-corrected chi connectivity index (χ0v) is 11.6. The summed E-state index contributed by atoms with van der Waals surface area (Å²) >= 11 is 3.14. The highest BCUT2D eigenvalue weighted by Crippen LogP contribution is 2.34. The summed E-state index contributed by atoms with van der Waals surface area (Å²) in [4.78, 5) is 0. The normalized spacial score (nSPS) is 10.5. The van der Waals surface area contributed by atoms with Crippen LogP contribution in [0.5, 0.6) is 5.75 Å². The second-order valence-electron chi connectivity index (χ2n) is 3.28. The highest BCUT2D eigenvalue weighted by Gasteiger charge is 2.11. The molecule has 0 aromatic carbocycles. The average molecular weight is 277 g/mol. The van der Waals surface area contributed by atoms with Crippen molar-refractivity contribution in [1.29, 1.82) is 0 Å². The van der Waals surface area contributed by atoms with E-state index in [-0.39, 0.29) is 6.61 Å². The number of aliphatic hydroxyl groups is 1. The van der Waals surface area contributed by atoms with Crippen LogP contribution in [0.4, 0.5) is 10.8 Å². The molecule has 0 saturated heterocycles. The molecule has 0 bridgehead atoms. The number of ether oxygens (including phenoxy) is 1. The lowest BCUT2D eigenvalue weighted by atomic mass is 10.5. The second-order valence-corrected chi connectivity index (χ2v) is 5.27. The molecular weight excluding hydrogens is 258 g/mol. The van der Waals surface area contributed by atoms with Gasteiger partial charge in [-0.15, -0.1) is 0 Å². The first-order valence-electron chi connectivity index (χ1n) is 5.60. The molecule has 0 amide bonds. The fourth-order valence-electron chi connectivity index (χ4n) is 1.20. The van der Waals surface area contributed by atoms with E-state index in [2.05, 4.69) is 9.69 Å². The zero-order chi connectivity index (χ0) is 12.5. The summed E-state index contributed by atoms with van der Waals surface area (Å²) in [5, 5.41) is 12.8. The number of nitrogens with zero attached hydrogens (tertiary/aromatic N) is 1. The number of anilines is 2. The minimum atomic E-state index is 0.264. The molecule has 1 aromatic rings. The molecule has 0 atom stereocenters. The van der Waals surface area contributed by atoms with E-state index in [0.29, 0.717) is 18.2 Å². The van der Waals surface area contributed by atoms with Crippen LogP contribution in [0.2, 0.25) is 0 Å². The molecule has 0 saturated carbocycles. The molecule has 1 rings (SSSR count). The molecule has 5 nitrogen and oxygen atoms in total.